The number of guanidine groups is 1. The Morgan fingerprint density at radius 1 is 1.30 bits per heavy atom. The Morgan fingerprint density at radius 2 is 2.15 bits per heavy atom. The summed E-state index contributed by atoms with van der Waals surface area (Å²) in [6.45, 7) is 2.96. The number of ether oxygens (including phenoxy) is 1. The molecule has 0 saturated heterocycles. The highest BCUT2D eigenvalue weighted by Gasteiger charge is 2.60. The SMILES string of the molecule is COCCCC1(C)Cc2ccc(-c3cccnc3)cc2C12N=C(N)N(C)O2. The van der Waals surface area contributed by atoms with Crippen LogP contribution in [0.25, 0.3) is 11.1 Å². The number of aliphatic imine (C=N–C) groups is 1. The van der Waals surface area contributed by atoms with E-state index in [-0.39, 0.29) is 5.41 Å². The molecule has 2 aromatic rings. The highest BCUT2D eigenvalue weighted by atomic mass is 16.7. The number of hydrogen-bond donors (Lipinski definition) is 1. The lowest BCUT2D eigenvalue weighted by Crippen LogP contribution is -2.41. The molecule has 1 aliphatic heterocycles. The Kier molecular flexibility index (Phi) is 4.40. The monoisotopic (exact) mass is 366 g/mol. The van der Waals surface area contributed by atoms with Crippen molar-refractivity contribution in [2.24, 2.45) is 16.1 Å². The highest BCUT2D eigenvalue weighted by molar-refractivity contribution is 5.79. The Bertz CT molecular complexity index is 870. The number of fused-ring (bicyclic) bond motifs is 2. The molecule has 6 nitrogen and oxygen atoms in total. The van der Waals surface area contributed by atoms with Crippen molar-refractivity contribution >= 4 is 5.96 Å². The molecule has 2 N–H and O–H groups in total. The van der Waals surface area contributed by atoms with Crippen LogP contribution in [0.3, 0.4) is 0 Å². The molecule has 0 fully saturated rings. The van der Waals surface area contributed by atoms with E-state index < -0.39 is 5.72 Å². The molecule has 142 valence electrons. The number of hydrogen-bond acceptors (Lipinski definition) is 6. The molecule has 0 radical (unpaired) electrons. The first-order chi connectivity index (χ1) is 13.0. The van der Waals surface area contributed by atoms with Crippen molar-refractivity contribution in [2.45, 2.75) is 31.9 Å². The number of benzene rings is 1. The van der Waals surface area contributed by atoms with Crippen LogP contribution in [0.2, 0.25) is 0 Å². The lowest BCUT2D eigenvalue weighted by atomic mass is 9.76. The van der Waals surface area contributed by atoms with E-state index in [2.05, 4.69) is 36.2 Å². The third kappa shape index (κ3) is 2.80. The minimum atomic E-state index is -0.798. The molecule has 4 rings (SSSR count). The number of methoxy groups -OCH3 is 1. The minimum absolute atomic E-state index is 0.198. The molecule has 1 aromatic heterocycles. The topological polar surface area (TPSA) is 73.0 Å². The number of nitrogens with two attached hydrogens (primary N) is 1. The Morgan fingerprint density at radius 3 is 2.81 bits per heavy atom. The summed E-state index contributed by atoms with van der Waals surface area (Å²) in [5.74, 6) is 0.410. The van der Waals surface area contributed by atoms with Crippen LogP contribution in [0.1, 0.15) is 30.9 Å². The van der Waals surface area contributed by atoms with Gasteiger partial charge in [-0.15, -0.1) is 0 Å². The first-order valence-electron chi connectivity index (χ1n) is 9.30. The summed E-state index contributed by atoms with van der Waals surface area (Å²) in [5.41, 5.74) is 9.67. The molecule has 2 unspecified atom stereocenters. The van der Waals surface area contributed by atoms with Crippen LogP contribution in [0.4, 0.5) is 0 Å². The highest BCUT2D eigenvalue weighted by Crippen LogP contribution is 2.58. The fraction of sp³-hybridized carbons (Fsp3) is 0.429. The van der Waals surface area contributed by atoms with Crippen molar-refractivity contribution < 1.29 is 9.57 Å². The van der Waals surface area contributed by atoms with Gasteiger partial charge in [0.15, 0.2) is 0 Å². The van der Waals surface area contributed by atoms with E-state index >= 15 is 0 Å². The Labute approximate surface area is 160 Å². The first-order valence-corrected chi connectivity index (χ1v) is 9.30. The zero-order valence-corrected chi connectivity index (χ0v) is 16.1. The predicted octanol–water partition coefficient (Wildman–Crippen LogP) is 3.08. The van der Waals surface area contributed by atoms with Gasteiger partial charge in [0, 0.05) is 44.1 Å². The van der Waals surface area contributed by atoms with Crippen LogP contribution in [0.5, 0.6) is 0 Å². The molecule has 1 aromatic carbocycles. The van der Waals surface area contributed by atoms with Crippen molar-refractivity contribution in [3.05, 3.63) is 53.9 Å². The molecule has 1 spiro atoms. The predicted molar refractivity (Wildman–Crippen MR) is 105 cm³/mol. The lowest BCUT2D eigenvalue weighted by molar-refractivity contribution is -0.219. The lowest BCUT2D eigenvalue weighted by Gasteiger charge is -2.38. The molecular formula is C21H26N4O2. The van der Waals surface area contributed by atoms with Gasteiger partial charge in [0.25, 0.3) is 0 Å². The molecule has 1 aliphatic carbocycles. The van der Waals surface area contributed by atoms with E-state index in [0.717, 1.165) is 42.6 Å². The van der Waals surface area contributed by atoms with Crippen LogP contribution >= 0.6 is 0 Å². The van der Waals surface area contributed by atoms with E-state index in [0.29, 0.717) is 5.96 Å². The standard InChI is InChI=1S/C21H26N4O2/c1-20(9-5-11-26-3)13-16-8-7-15(17-6-4-10-23-14-17)12-18(16)21(20)24-19(22)25(2)27-21/h4,6-8,10,12,14H,5,9,11,13H2,1-3H3,(H2,22,24). The molecule has 0 amide bonds. The second-order valence-electron chi connectivity index (χ2n) is 7.65. The quantitative estimate of drug-likeness (QED) is 0.823. The zero-order valence-electron chi connectivity index (χ0n) is 16.1. The van der Waals surface area contributed by atoms with Gasteiger partial charge in [-0.25, -0.2) is 14.9 Å². The van der Waals surface area contributed by atoms with E-state index in [1.54, 1.807) is 18.4 Å². The third-order valence-corrected chi connectivity index (χ3v) is 5.81. The maximum Gasteiger partial charge on any atom is 0.220 e. The summed E-state index contributed by atoms with van der Waals surface area (Å²) in [7, 11) is 3.55. The van der Waals surface area contributed by atoms with E-state index in [9.17, 15) is 0 Å². The van der Waals surface area contributed by atoms with Gasteiger partial charge in [0.1, 0.15) is 0 Å². The van der Waals surface area contributed by atoms with Gasteiger partial charge in [-0.3, -0.25) is 4.98 Å². The molecule has 0 saturated carbocycles. The number of aromatic nitrogens is 1. The Hall–Kier alpha value is -2.44. The number of rotatable bonds is 5. The molecule has 0 bridgehead atoms. The van der Waals surface area contributed by atoms with Crippen LogP contribution in [0, 0.1) is 5.41 Å². The van der Waals surface area contributed by atoms with Crippen molar-refractivity contribution in [1.29, 1.82) is 0 Å². The second-order valence-corrected chi connectivity index (χ2v) is 7.65. The zero-order chi connectivity index (χ0) is 19.1. The number of hydroxylamine groups is 2. The average Bonchev–Trinajstić information content (AvgIpc) is 3.10. The van der Waals surface area contributed by atoms with E-state index in [1.165, 1.54) is 5.56 Å². The van der Waals surface area contributed by atoms with Crippen molar-refractivity contribution in [1.82, 2.24) is 10.0 Å². The summed E-state index contributed by atoms with van der Waals surface area (Å²) >= 11 is 0. The van der Waals surface area contributed by atoms with Gasteiger partial charge in [-0.2, -0.15) is 0 Å². The molecule has 27 heavy (non-hydrogen) atoms. The fourth-order valence-electron chi connectivity index (χ4n) is 4.34. The van der Waals surface area contributed by atoms with Crippen molar-refractivity contribution in [2.75, 3.05) is 20.8 Å². The van der Waals surface area contributed by atoms with Gasteiger partial charge >= 0.3 is 0 Å². The third-order valence-electron chi connectivity index (χ3n) is 5.81. The van der Waals surface area contributed by atoms with Crippen molar-refractivity contribution in [3.8, 4) is 11.1 Å². The van der Waals surface area contributed by atoms with Crippen LogP contribution in [-0.4, -0.2) is 36.8 Å². The number of nitrogens with zero attached hydrogens (tertiary/aromatic N) is 3. The van der Waals surface area contributed by atoms with Gasteiger partial charge in [-0.1, -0.05) is 25.1 Å². The summed E-state index contributed by atoms with van der Waals surface area (Å²) in [4.78, 5) is 15.4. The van der Waals surface area contributed by atoms with Crippen LogP contribution in [0.15, 0.2) is 47.7 Å². The maximum atomic E-state index is 6.33. The van der Waals surface area contributed by atoms with Crippen molar-refractivity contribution in [3.63, 3.8) is 0 Å². The molecule has 2 aliphatic rings. The first kappa shape index (κ1) is 17.9. The molecule has 2 atom stereocenters. The normalized spacial score (nSPS) is 26.5. The van der Waals surface area contributed by atoms with Gasteiger partial charge in [-0.05, 0) is 48.1 Å². The summed E-state index contributed by atoms with van der Waals surface area (Å²) < 4.78 is 5.28. The summed E-state index contributed by atoms with van der Waals surface area (Å²) in [5, 5.41) is 1.58. The van der Waals surface area contributed by atoms with Gasteiger partial charge in [0.2, 0.25) is 11.7 Å². The van der Waals surface area contributed by atoms with Crippen LogP contribution < -0.4 is 5.73 Å². The number of pyridine rings is 1. The second kappa shape index (κ2) is 6.62. The van der Waals surface area contributed by atoms with E-state index in [1.807, 2.05) is 19.3 Å². The molecule has 6 heteroatoms. The smallest absolute Gasteiger partial charge is 0.220 e. The van der Waals surface area contributed by atoms with E-state index in [4.69, 9.17) is 20.3 Å². The summed E-state index contributed by atoms with van der Waals surface area (Å²) in [6, 6.07) is 10.5. The Balaban J connectivity index is 1.80. The summed E-state index contributed by atoms with van der Waals surface area (Å²) in [6.07, 6.45) is 6.43. The fourth-order valence-corrected chi connectivity index (χ4v) is 4.34. The molecule has 2 heterocycles. The van der Waals surface area contributed by atoms with Gasteiger partial charge < -0.3 is 10.5 Å². The maximum absolute atomic E-state index is 6.33. The average molecular weight is 366 g/mol. The minimum Gasteiger partial charge on any atom is -0.385 e. The molecular weight excluding hydrogens is 340 g/mol. The largest absolute Gasteiger partial charge is 0.385 e. The van der Waals surface area contributed by atoms with Crippen LogP contribution in [-0.2, 0) is 21.7 Å². The van der Waals surface area contributed by atoms with Gasteiger partial charge in [0.05, 0.1) is 0 Å².